The van der Waals surface area contributed by atoms with Crippen LogP contribution in [0.5, 0.6) is 0 Å². The van der Waals surface area contributed by atoms with Crippen molar-refractivity contribution >= 4 is 22.8 Å². The maximum Gasteiger partial charge on any atom is 0.141 e. The molecular formula is C13H18N4S. The number of nitrogen functional groups attached to an aromatic ring is 1. The van der Waals surface area contributed by atoms with Crippen molar-refractivity contribution < 1.29 is 0 Å². The Balaban J connectivity index is 2.02. The Hall–Kier alpha value is -1.59. The molecular weight excluding hydrogens is 244 g/mol. The van der Waals surface area contributed by atoms with Crippen LogP contribution in [-0.4, -0.2) is 11.5 Å². The summed E-state index contributed by atoms with van der Waals surface area (Å²) in [5, 5.41) is 5.53. The molecule has 0 aromatic carbocycles. The largest absolute Gasteiger partial charge is 0.384 e. The minimum absolute atomic E-state index is 0.105. The third kappa shape index (κ3) is 3.00. The van der Waals surface area contributed by atoms with E-state index in [4.69, 9.17) is 5.84 Å². The standard InChI is InChI=1S/C13H18N4S/c1-13(2,11-4-3-7-18-11)9-16-10-5-6-15-12(8-10)17-14/h3-8H,9,14H2,1-2H3,(H2,15,16,17). The van der Waals surface area contributed by atoms with E-state index in [1.807, 2.05) is 12.1 Å². The Morgan fingerprint density at radius 3 is 2.89 bits per heavy atom. The zero-order valence-corrected chi connectivity index (χ0v) is 11.4. The Labute approximate surface area is 111 Å². The average Bonchev–Trinajstić information content (AvgIpc) is 2.91. The summed E-state index contributed by atoms with van der Waals surface area (Å²) in [6.45, 7) is 5.33. The van der Waals surface area contributed by atoms with Gasteiger partial charge in [0.25, 0.3) is 0 Å². The maximum absolute atomic E-state index is 5.34. The number of aromatic nitrogens is 1. The first-order valence-corrected chi connectivity index (χ1v) is 6.70. The van der Waals surface area contributed by atoms with Gasteiger partial charge in [-0.1, -0.05) is 19.9 Å². The van der Waals surface area contributed by atoms with Gasteiger partial charge in [-0.15, -0.1) is 11.3 Å². The first kappa shape index (κ1) is 12.9. The van der Waals surface area contributed by atoms with Crippen LogP contribution >= 0.6 is 11.3 Å². The van der Waals surface area contributed by atoms with Gasteiger partial charge in [0.15, 0.2) is 0 Å². The number of nitrogens with two attached hydrogens (primary N) is 1. The first-order chi connectivity index (χ1) is 8.62. The van der Waals surface area contributed by atoms with Crippen LogP contribution in [0.3, 0.4) is 0 Å². The minimum Gasteiger partial charge on any atom is -0.384 e. The zero-order valence-electron chi connectivity index (χ0n) is 10.6. The summed E-state index contributed by atoms with van der Waals surface area (Å²) in [4.78, 5) is 5.45. The molecule has 0 aliphatic heterocycles. The molecule has 4 N–H and O–H groups in total. The molecule has 5 heteroatoms. The van der Waals surface area contributed by atoms with Crippen LogP contribution in [-0.2, 0) is 5.41 Å². The lowest BCUT2D eigenvalue weighted by atomic mass is 9.91. The number of hydrogen-bond acceptors (Lipinski definition) is 5. The van der Waals surface area contributed by atoms with Crippen molar-refractivity contribution in [3.63, 3.8) is 0 Å². The molecule has 0 atom stereocenters. The Bertz CT molecular complexity index is 493. The van der Waals surface area contributed by atoms with Crippen molar-refractivity contribution in [1.82, 2.24) is 4.98 Å². The number of rotatable bonds is 5. The molecule has 0 saturated heterocycles. The Morgan fingerprint density at radius 1 is 1.39 bits per heavy atom. The molecule has 2 heterocycles. The second-order valence-corrected chi connectivity index (χ2v) is 5.74. The van der Waals surface area contributed by atoms with Crippen LogP contribution in [0.1, 0.15) is 18.7 Å². The molecule has 2 aromatic heterocycles. The van der Waals surface area contributed by atoms with E-state index in [0.29, 0.717) is 5.82 Å². The van der Waals surface area contributed by atoms with E-state index in [2.05, 4.69) is 47.1 Å². The number of nitrogens with zero attached hydrogens (tertiary/aromatic N) is 1. The van der Waals surface area contributed by atoms with Crippen molar-refractivity contribution in [2.24, 2.45) is 5.84 Å². The smallest absolute Gasteiger partial charge is 0.141 e. The molecule has 0 radical (unpaired) electrons. The van der Waals surface area contributed by atoms with Gasteiger partial charge in [0, 0.05) is 34.8 Å². The fourth-order valence-corrected chi connectivity index (χ4v) is 2.55. The van der Waals surface area contributed by atoms with E-state index in [1.165, 1.54) is 4.88 Å². The summed E-state index contributed by atoms with van der Waals surface area (Å²) in [6, 6.07) is 8.09. The summed E-state index contributed by atoms with van der Waals surface area (Å²) < 4.78 is 0. The van der Waals surface area contributed by atoms with E-state index in [1.54, 1.807) is 17.5 Å². The van der Waals surface area contributed by atoms with Gasteiger partial charge in [-0.25, -0.2) is 10.8 Å². The topological polar surface area (TPSA) is 63.0 Å². The molecule has 0 amide bonds. The molecule has 0 aliphatic rings. The van der Waals surface area contributed by atoms with E-state index < -0.39 is 0 Å². The minimum atomic E-state index is 0.105. The van der Waals surface area contributed by atoms with Crippen LogP contribution in [0, 0.1) is 0 Å². The predicted molar refractivity (Wildman–Crippen MR) is 77.9 cm³/mol. The number of hydrogen-bond donors (Lipinski definition) is 3. The molecule has 96 valence electrons. The van der Waals surface area contributed by atoms with Crippen LogP contribution in [0.2, 0.25) is 0 Å². The fraction of sp³-hybridized carbons (Fsp3) is 0.308. The molecule has 2 rings (SSSR count). The van der Waals surface area contributed by atoms with Gasteiger partial charge in [-0.3, -0.25) is 0 Å². The summed E-state index contributed by atoms with van der Waals surface area (Å²) in [5.41, 5.74) is 3.66. The van der Waals surface area contributed by atoms with E-state index in [0.717, 1.165) is 12.2 Å². The average molecular weight is 262 g/mol. The van der Waals surface area contributed by atoms with Crippen LogP contribution in [0.25, 0.3) is 0 Å². The van der Waals surface area contributed by atoms with Gasteiger partial charge in [0.2, 0.25) is 0 Å². The number of thiophene rings is 1. The van der Waals surface area contributed by atoms with E-state index >= 15 is 0 Å². The van der Waals surface area contributed by atoms with Crippen LogP contribution in [0.4, 0.5) is 11.5 Å². The number of hydrazine groups is 1. The van der Waals surface area contributed by atoms with Crippen LogP contribution < -0.4 is 16.6 Å². The van der Waals surface area contributed by atoms with E-state index in [-0.39, 0.29) is 5.41 Å². The molecule has 0 fully saturated rings. The third-order valence-corrected chi connectivity index (χ3v) is 4.07. The molecule has 4 nitrogen and oxygen atoms in total. The van der Waals surface area contributed by atoms with Crippen molar-refractivity contribution in [1.29, 1.82) is 0 Å². The summed E-state index contributed by atoms with van der Waals surface area (Å²) >= 11 is 1.79. The zero-order chi connectivity index (χ0) is 13.0. The highest BCUT2D eigenvalue weighted by molar-refractivity contribution is 7.10. The molecule has 0 saturated carbocycles. The fourth-order valence-electron chi connectivity index (χ4n) is 1.69. The SMILES string of the molecule is CC(C)(CNc1ccnc(NN)c1)c1cccs1. The highest BCUT2D eigenvalue weighted by atomic mass is 32.1. The Kier molecular flexibility index (Phi) is 3.84. The second kappa shape index (κ2) is 5.37. The lowest BCUT2D eigenvalue weighted by Gasteiger charge is -2.24. The van der Waals surface area contributed by atoms with Crippen molar-refractivity contribution in [3.8, 4) is 0 Å². The summed E-state index contributed by atoms with van der Waals surface area (Å²) in [5.74, 6) is 6.00. The van der Waals surface area contributed by atoms with Crippen LogP contribution in [0.15, 0.2) is 35.8 Å². The molecule has 0 unspecified atom stereocenters. The number of anilines is 2. The third-order valence-electron chi connectivity index (χ3n) is 2.83. The molecule has 0 aliphatic carbocycles. The van der Waals surface area contributed by atoms with Crippen molar-refractivity contribution in [2.75, 3.05) is 17.3 Å². The van der Waals surface area contributed by atoms with Gasteiger partial charge < -0.3 is 10.7 Å². The summed E-state index contributed by atoms with van der Waals surface area (Å²) in [7, 11) is 0. The van der Waals surface area contributed by atoms with Gasteiger partial charge in [-0.05, 0) is 17.5 Å². The number of pyridine rings is 1. The molecule has 18 heavy (non-hydrogen) atoms. The molecule has 0 bridgehead atoms. The van der Waals surface area contributed by atoms with Crippen molar-refractivity contribution in [3.05, 3.63) is 40.7 Å². The van der Waals surface area contributed by atoms with E-state index in [9.17, 15) is 0 Å². The normalized spacial score (nSPS) is 11.3. The van der Waals surface area contributed by atoms with Gasteiger partial charge in [0.05, 0.1) is 0 Å². The summed E-state index contributed by atoms with van der Waals surface area (Å²) in [6.07, 6.45) is 1.73. The quantitative estimate of drug-likeness (QED) is 0.573. The lowest BCUT2D eigenvalue weighted by Crippen LogP contribution is -2.26. The lowest BCUT2D eigenvalue weighted by molar-refractivity contribution is 0.569. The Morgan fingerprint density at radius 2 is 2.22 bits per heavy atom. The predicted octanol–water partition coefficient (Wildman–Crippen LogP) is 2.82. The monoisotopic (exact) mass is 262 g/mol. The van der Waals surface area contributed by atoms with Gasteiger partial charge in [0.1, 0.15) is 5.82 Å². The molecule has 0 spiro atoms. The highest BCUT2D eigenvalue weighted by Crippen LogP contribution is 2.27. The van der Waals surface area contributed by atoms with Gasteiger partial charge in [-0.2, -0.15) is 0 Å². The molecule has 2 aromatic rings. The highest BCUT2D eigenvalue weighted by Gasteiger charge is 2.21. The van der Waals surface area contributed by atoms with Crippen molar-refractivity contribution in [2.45, 2.75) is 19.3 Å². The van der Waals surface area contributed by atoms with Gasteiger partial charge >= 0.3 is 0 Å². The maximum atomic E-state index is 5.34. The second-order valence-electron chi connectivity index (χ2n) is 4.79. The first-order valence-electron chi connectivity index (χ1n) is 5.82. The number of nitrogens with one attached hydrogen (secondary N) is 2.